The molecule has 0 unspecified atom stereocenters. The van der Waals surface area contributed by atoms with Crippen molar-refractivity contribution in [3.8, 4) is 17.2 Å². The van der Waals surface area contributed by atoms with E-state index < -0.39 is 6.17 Å². The van der Waals surface area contributed by atoms with Crippen LogP contribution in [0.15, 0.2) is 36.4 Å². The van der Waals surface area contributed by atoms with Crippen molar-refractivity contribution in [1.29, 1.82) is 0 Å². The van der Waals surface area contributed by atoms with Crippen molar-refractivity contribution in [1.82, 2.24) is 4.90 Å². The van der Waals surface area contributed by atoms with Crippen LogP contribution in [0.25, 0.3) is 0 Å². The molecular formula is C22H26N2O5. The molecule has 2 heterocycles. The van der Waals surface area contributed by atoms with Gasteiger partial charge in [-0.3, -0.25) is 4.79 Å². The van der Waals surface area contributed by atoms with Gasteiger partial charge in [0, 0.05) is 24.4 Å². The zero-order chi connectivity index (χ0) is 20.4. The van der Waals surface area contributed by atoms with E-state index in [1.54, 1.807) is 21.3 Å². The van der Waals surface area contributed by atoms with Gasteiger partial charge in [-0.05, 0) is 37.1 Å². The fourth-order valence-electron chi connectivity index (χ4n) is 4.07. The number of carbonyl (C=O) groups excluding carboxylic acids is 1. The minimum Gasteiger partial charge on any atom is -0.493 e. The molecule has 7 heteroatoms. The van der Waals surface area contributed by atoms with Gasteiger partial charge in [0.15, 0.2) is 11.5 Å². The molecule has 154 valence electrons. The van der Waals surface area contributed by atoms with E-state index in [2.05, 4.69) is 5.32 Å². The van der Waals surface area contributed by atoms with Crippen molar-refractivity contribution in [2.24, 2.45) is 0 Å². The molecule has 0 aromatic heterocycles. The van der Waals surface area contributed by atoms with Gasteiger partial charge in [0.1, 0.15) is 6.17 Å². The van der Waals surface area contributed by atoms with Crippen molar-refractivity contribution in [3.63, 3.8) is 0 Å². The largest absolute Gasteiger partial charge is 0.493 e. The molecule has 7 nitrogen and oxygen atoms in total. The Balaban J connectivity index is 1.80. The number of nitrogens with one attached hydrogen (secondary N) is 1. The summed E-state index contributed by atoms with van der Waals surface area (Å²) in [5, 5.41) is 3.50. The highest BCUT2D eigenvalue weighted by Gasteiger charge is 2.37. The van der Waals surface area contributed by atoms with E-state index in [0.717, 1.165) is 30.7 Å². The average Bonchev–Trinajstić information content (AvgIpc) is 3.27. The van der Waals surface area contributed by atoms with Gasteiger partial charge in [0.2, 0.25) is 5.75 Å². The third-order valence-corrected chi connectivity index (χ3v) is 5.48. The standard InChI is InChI=1S/C22H26N2O5/c1-26-18-11-10-16(19(27-2)20(18)28-3)21-23-17-9-5-4-8-15(17)22(25)24(21)13-14-7-6-12-29-14/h4-5,8-11,14,21,23H,6-7,12-13H2,1-3H3/t14-,21-/m0/s1. The van der Waals surface area contributed by atoms with E-state index in [4.69, 9.17) is 18.9 Å². The lowest BCUT2D eigenvalue weighted by atomic mass is 10.0. The number of anilines is 1. The quantitative estimate of drug-likeness (QED) is 0.804. The SMILES string of the molecule is COc1ccc([C@H]2Nc3ccccc3C(=O)N2C[C@@H]2CCCO2)c(OC)c1OC. The summed E-state index contributed by atoms with van der Waals surface area (Å²) in [5.74, 6) is 1.57. The molecule has 1 amide bonds. The summed E-state index contributed by atoms with van der Waals surface area (Å²) in [4.78, 5) is 15.2. The molecule has 0 spiro atoms. The topological polar surface area (TPSA) is 69.3 Å². The Hall–Kier alpha value is -2.93. The summed E-state index contributed by atoms with van der Waals surface area (Å²) in [6.45, 7) is 1.24. The van der Waals surface area contributed by atoms with Gasteiger partial charge >= 0.3 is 0 Å². The van der Waals surface area contributed by atoms with Gasteiger partial charge in [-0.1, -0.05) is 12.1 Å². The fourth-order valence-corrected chi connectivity index (χ4v) is 4.07. The number of fused-ring (bicyclic) bond motifs is 1. The van der Waals surface area contributed by atoms with Crippen LogP contribution in [0.3, 0.4) is 0 Å². The van der Waals surface area contributed by atoms with Gasteiger partial charge < -0.3 is 29.2 Å². The summed E-state index contributed by atoms with van der Waals surface area (Å²) in [6.07, 6.45) is 1.57. The first kappa shape index (κ1) is 19.4. The number of hydrogen-bond donors (Lipinski definition) is 1. The van der Waals surface area contributed by atoms with Gasteiger partial charge in [0.25, 0.3) is 5.91 Å². The molecule has 2 aromatic carbocycles. The summed E-state index contributed by atoms with van der Waals surface area (Å²) in [7, 11) is 4.74. The number of methoxy groups -OCH3 is 3. The van der Waals surface area contributed by atoms with Crippen LogP contribution < -0.4 is 19.5 Å². The molecule has 1 N–H and O–H groups in total. The molecule has 2 atom stereocenters. The summed E-state index contributed by atoms with van der Waals surface area (Å²) >= 11 is 0. The minimum atomic E-state index is -0.420. The Morgan fingerprint density at radius 3 is 2.55 bits per heavy atom. The third-order valence-electron chi connectivity index (χ3n) is 5.48. The Kier molecular flexibility index (Phi) is 5.49. The van der Waals surface area contributed by atoms with E-state index in [1.165, 1.54) is 0 Å². The number of amides is 1. The van der Waals surface area contributed by atoms with Gasteiger partial charge in [-0.15, -0.1) is 0 Å². The Morgan fingerprint density at radius 1 is 1.07 bits per heavy atom. The van der Waals surface area contributed by atoms with Crippen molar-refractivity contribution in [2.75, 3.05) is 39.8 Å². The van der Waals surface area contributed by atoms with Crippen LogP contribution in [0.4, 0.5) is 5.69 Å². The minimum absolute atomic E-state index is 0.0275. The Morgan fingerprint density at radius 2 is 1.86 bits per heavy atom. The number of para-hydroxylation sites is 1. The van der Waals surface area contributed by atoms with Crippen LogP contribution in [0, 0.1) is 0 Å². The van der Waals surface area contributed by atoms with Gasteiger partial charge in [-0.2, -0.15) is 0 Å². The van der Waals surface area contributed by atoms with E-state index in [1.807, 2.05) is 41.3 Å². The van der Waals surface area contributed by atoms with Crippen LogP contribution in [0.1, 0.15) is 34.9 Å². The fraction of sp³-hybridized carbons (Fsp3) is 0.409. The first-order valence-electron chi connectivity index (χ1n) is 9.75. The normalized spacial score (nSPS) is 20.8. The van der Waals surface area contributed by atoms with Crippen molar-refractivity contribution in [2.45, 2.75) is 25.1 Å². The first-order chi connectivity index (χ1) is 14.2. The maximum absolute atomic E-state index is 13.4. The average molecular weight is 398 g/mol. The zero-order valence-corrected chi connectivity index (χ0v) is 16.9. The highest BCUT2D eigenvalue weighted by atomic mass is 16.5. The number of nitrogens with zero attached hydrogens (tertiary/aromatic N) is 1. The number of carbonyl (C=O) groups is 1. The molecule has 2 aromatic rings. The first-order valence-corrected chi connectivity index (χ1v) is 9.75. The van der Waals surface area contributed by atoms with E-state index >= 15 is 0 Å². The summed E-state index contributed by atoms with van der Waals surface area (Å²) in [5.41, 5.74) is 2.25. The molecule has 0 radical (unpaired) electrons. The lowest BCUT2D eigenvalue weighted by molar-refractivity contribution is 0.0424. The second-order valence-electron chi connectivity index (χ2n) is 7.11. The monoisotopic (exact) mass is 398 g/mol. The molecule has 1 fully saturated rings. The maximum atomic E-state index is 13.4. The van der Waals surface area contributed by atoms with Crippen LogP contribution in [-0.2, 0) is 4.74 Å². The number of benzene rings is 2. The van der Waals surface area contributed by atoms with Crippen molar-refractivity contribution in [3.05, 3.63) is 47.5 Å². The molecule has 1 saturated heterocycles. The number of hydrogen-bond acceptors (Lipinski definition) is 6. The third kappa shape index (κ3) is 3.46. The predicted molar refractivity (Wildman–Crippen MR) is 109 cm³/mol. The van der Waals surface area contributed by atoms with Crippen LogP contribution in [0.2, 0.25) is 0 Å². The Bertz CT molecular complexity index is 895. The van der Waals surface area contributed by atoms with E-state index in [9.17, 15) is 4.79 Å². The predicted octanol–water partition coefficient (Wildman–Crippen LogP) is 3.46. The van der Waals surface area contributed by atoms with Gasteiger partial charge in [-0.25, -0.2) is 0 Å². The zero-order valence-electron chi connectivity index (χ0n) is 16.9. The smallest absolute Gasteiger partial charge is 0.257 e. The molecule has 2 aliphatic rings. The molecule has 4 rings (SSSR count). The second kappa shape index (κ2) is 8.21. The number of ether oxygens (including phenoxy) is 4. The lowest BCUT2D eigenvalue weighted by Gasteiger charge is -2.39. The highest BCUT2D eigenvalue weighted by molar-refractivity contribution is 6.01. The Labute approximate surface area is 170 Å². The molecular weight excluding hydrogens is 372 g/mol. The second-order valence-corrected chi connectivity index (χ2v) is 7.11. The molecule has 29 heavy (non-hydrogen) atoms. The lowest BCUT2D eigenvalue weighted by Crippen LogP contribution is -2.46. The maximum Gasteiger partial charge on any atom is 0.257 e. The summed E-state index contributed by atoms with van der Waals surface area (Å²) in [6, 6.07) is 11.3. The molecule has 0 bridgehead atoms. The van der Waals surface area contributed by atoms with Gasteiger partial charge in [0.05, 0.1) is 33.0 Å². The van der Waals surface area contributed by atoms with Crippen molar-refractivity contribution >= 4 is 11.6 Å². The molecule has 2 aliphatic heterocycles. The highest BCUT2D eigenvalue weighted by Crippen LogP contribution is 2.45. The molecule has 0 aliphatic carbocycles. The van der Waals surface area contributed by atoms with E-state index in [0.29, 0.717) is 29.4 Å². The molecule has 0 saturated carbocycles. The van der Waals surface area contributed by atoms with Crippen molar-refractivity contribution < 1.29 is 23.7 Å². The number of rotatable bonds is 6. The van der Waals surface area contributed by atoms with Crippen LogP contribution in [0.5, 0.6) is 17.2 Å². The van der Waals surface area contributed by atoms with Crippen LogP contribution in [-0.4, -0.2) is 51.4 Å². The van der Waals surface area contributed by atoms with E-state index in [-0.39, 0.29) is 12.0 Å². The summed E-state index contributed by atoms with van der Waals surface area (Å²) < 4.78 is 22.5. The van der Waals surface area contributed by atoms with Crippen LogP contribution >= 0.6 is 0 Å².